The number of nitrogens with two attached hydrogens (primary N) is 1. The Labute approximate surface area is 61.8 Å². The van der Waals surface area contributed by atoms with Crippen LogP contribution >= 0.6 is 12.4 Å². The largest absolute Gasteiger partial charge is 0.376 e. The average Bonchev–Trinajstić information content (AvgIpc) is 1.86. The van der Waals surface area contributed by atoms with Crippen molar-refractivity contribution in [1.82, 2.24) is 0 Å². The molecule has 1 fully saturated rings. The highest BCUT2D eigenvalue weighted by atomic mass is 35.5. The Morgan fingerprint density at radius 2 is 2.22 bits per heavy atom. The molecule has 0 aromatic rings. The third-order valence-electron chi connectivity index (χ3n) is 2.07. The highest BCUT2D eigenvalue weighted by molar-refractivity contribution is 5.85. The van der Waals surface area contributed by atoms with Crippen LogP contribution in [0.5, 0.6) is 0 Å². The van der Waals surface area contributed by atoms with Crippen molar-refractivity contribution < 1.29 is 5.11 Å². The second kappa shape index (κ2) is 2.86. The molecule has 0 aliphatic heterocycles. The van der Waals surface area contributed by atoms with Gasteiger partial charge in [-0.25, -0.2) is 0 Å². The third kappa shape index (κ3) is 1.81. The zero-order valence-electron chi connectivity index (χ0n) is 5.63. The first-order valence-electron chi connectivity index (χ1n) is 3.14. The van der Waals surface area contributed by atoms with Gasteiger partial charge in [-0.05, 0) is 25.2 Å². The van der Waals surface area contributed by atoms with Crippen molar-refractivity contribution in [3.63, 3.8) is 0 Å². The standard InChI is InChI=1S/C6H13NO.ClH/c1-5-3-2-4-6(5,7)8;/h5,8H,2-4,7H2,1H3;1H. The molecule has 0 amide bonds. The van der Waals surface area contributed by atoms with Gasteiger partial charge in [0.1, 0.15) is 5.72 Å². The molecule has 0 bridgehead atoms. The van der Waals surface area contributed by atoms with E-state index in [1.165, 1.54) is 0 Å². The summed E-state index contributed by atoms with van der Waals surface area (Å²) in [7, 11) is 0. The van der Waals surface area contributed by atoms with Crippen molar-refractivity contribution >= 4 is 12.4 Å². The zero-order chi connectivity index (χ0) is 6.20. The maximum Gasteiger partial charge on any atom is 0.116 e. The van der Waals surface area contributed by atoms with Crippen LogP contribution in [0.1, 0.15) is 26.2 Å². The molecule has 1 rings (SSSR count). The fraction of sp³-hybridized carbons (Fsp3) is 1.00. The zero-order valence-corrected chi connectivity index (χ0v) is 6.45. The van der Waals surface area contributed by atoms with E-state index in [9.17, 15) is 5.11 Å². The fourth-order valence-corrected chi connectivity index (χ4v) is 1.19. The molecule has 0 radical (unpaired) electrons. The van der Waals surface area contributed by atoms with Crippen LogP contribution in [0.25, 0.3) is 0 Å². The van der Waals surface area contributed by atoms with Gasteiger partial charge in [-0.2, -0.15) is 0 Å². The summed E-state index contributed by atoms with van der Waals surface area (Å²) in [6, 6.07) is 0. The second-order valence-electron chi connectivity index (χ2n) is 2.78. The molecular weight excluding hydrogens is 138 g/mol. The van der Waals surface area contributed by atoms with E-state index in [0.29, 0.717) is 5.92 Å². The van der Waals surface area contributed by atoms with Gasteiger partial charge in [0.15, 0.2) is 0 Å². The molecule has 0 spiro atoms. The van der Waals surface area contributed by atoms with Gasteiger partial charge in [0, 0.05) is 0 Å². The minimum Gasteiger partial charge on any atom is -0.376 e. The van der Waals surface area contributed by atoms with Crippen LogP contribution in [-0.4, -0.2) is 10.8 Å². The van der Waals surface area contributed by atoms with Gasteiger partial charge in [-0.1, -0.05) is 6.92 Å². The van der Waals surface area contributed by atoms with Crippen molar-refractivity contribution in [2.45, 2.75) is 31.9 Å². The predicted molar refractivity (Wildman–Crippen MR) is 39.4 cm³/mol. The van der Waals surface area contributed by atoms with Gasteiger partial charge in [0.25, 0.3) is 0 Å². The van der Waals surface area contributed by atoms with Crippen LogP contribution < -0.4 is 5.73 Å². The normalized spacial score (nSPS) is 42.3. The molecule has 9 heavy (non-hydrogen) atoms. The van der Waals surface area contributed by atoms with E-state index in [0.717, 1.165) is 19.3 Å². The number of hydrogen-bond donors (Lipinski definition) is 2. The second-order valence-corrected chi connectivity index (χ2v) is 2.78. The molecule has 2 atom stereocenters. The summed E-state index contributed by atoms with van der Waals surface area (Å²) in [4.78, 5) is 0. The van der Waals surface area contributed by atoms with Crippen LogP contribution in [-0.2, 0) is 0 Å². The molecular formula is C6H14ClNO. The summed E-state index contributed by atoms with van der Waals surface area (Å²) in [5, 5.41) is 9.24. The summed E-state index contributed by atoms with van der Waals surface area (Å²) in [5.74, 6) is 0.294. The highest BCUT2D eigenvalue weighted by Gasteiger charge is 2.33. The first-order chi connectivity index (χ1) is 3.63. The monoisotopic (exact) mass is 151 g/mol. The first-order valence-corrected chi connectivity index (χ1v) is 3.14. The van der Waals surface area contributed by atoms with E-state index >= 15 is 0 Å². The molecule has 0 aromatic heterocycles. The quantitative estimate of drug-likeness (QED) is 0.505. The Balaban J connectivity index is 0.000000640. The Hall–Kier alpha value is 0.210. The number of aliphatic hydroxyl groups is 1. The van der Waals surface area contributed by atoms with Gasteiger partial charge in [-0.15, -0.1) is 12.4 Å². The topological polar surface area (TPSA) is 46.2 Å². The maximum absolute atomic E-state index is 9.24. The minimum atomic E-state index is -0.847. The molecule has 1 aliphatic carbocycles. The molecule has 0 heterocycles. The third-order valence-corrected chi connectivity index (χ3v) is 2.07. The molecule has 0 saturated heterocycles. The Morgan fingerprint density at radius 1 is 1.67 bits per heavy atom. The van der Waals surface area contributed by atoms with Crippen molar-refractivity contribution in [2.24, 2.45) is 11.7 Å². The van der Waals surface area contributed by atoms with Gasteiger partial charge in [0.2, 0.25) is 0 Å². The molecule has 3 N–H and O–H groups in total. The Kier molecular flexibility index (Phi) is 2.93. The van der Waals surface area contributed by atoms with Crippen LogP contribution in [0.2, 0.25) is 0 Å². The molecule has 1 aliphatic rings. The smallest absolute Gasteiger partial charge is 0.116 e. The average molecular weight is 152 g/mol. The van der Waals surface area contributed by atoms with E-state index in [1.807, 2.05) is 6.92 Å². The lowest BCUT2D eigenvalue weighted by atomic mass is 10.0. The van der Waals surface area contributed by atoms with E-state index < -0.39 is 5.72 Å². The van der Waals surface area contributed by atoms with Crippen LogP contribution in [0.4, 0.5) is 0 Å². The van der Waals surface area contributed by atoms with Gasteiger partial charge in [-0.3, -0.25) is 0 Å². The van der Waals surface area contributed by atoms with Crippen LogP contribution in [0, 0.1) is 5.92 Å². The van der Waals surface area contributed by atoms with E-state index in [2.05, 4.69) is 0 Å². The molecule has 2 unspecified atom stereocenters. The van der Waals surface area contributed by atoms with Gasteiger partial charge < -0.3 is 10.8 Å². The fourth-order valence-electron chi connectivity index (χ4n) is 1.19. The molecule has 1 saturated carbocycles. The summed E-state index contributed by atoms with van der Waals surface area (Å²) < 4.78 is 0. The number of halogens is 1. The van der Waals surface area contributed by atoms with Crippen molar-refractivity contribution in [1.29, 1.82) is 0 Å². The van der Waals surface area contributed by atoms with E-state index in [1.54, 1.807) is 0 Å². The lowest BCUT2D eigenvalue weighted by molar-refractivity contribution is 0.0157. The van der Waals surface area contributed by atoms with E-state index in [4.69, 9.17) is 5.73 Å². The highest BCUT2D eigenvalue weighted by Crippen LogP contribution is 2.30. The summed E-state index contributed by atoms with van der Waals surface area (Å²) in [6.45, 7) is 1.99. The first kappa shape index (κ1) is 9.21. The summed E-state index contributed by atoms with van der Waals surface area (Å²) >= 11 is 0. The SMILES string of the molecule is CC1CCCC1(N)O.Cl. The molecule has 56 valence electrons. The van der Waals surface area contributed by atoms with Gasteiger partial charge in [0.05, 0.1) is 0 Å². The summed E-state index contributed by atoms with van der Waals surface area (Å²) in [6.07, 6.45) is 2.93. The Morgan fingerprint density at radius 3 is 2.33 bits per heavy atom. The number of hydrogen-bond acceptors (Lipinski definition) is 2. The van der Waals surface area contributed by atoms with Gasteiger partial charge >= 0.3 is 0 Å². The lowest BCUT2D eigenvalue weighted by Gasteiger charge is -2.20. The van der Waals surface area contributed by atoms with Crippen LogP contribution in [0.3, 0.4) is 0 Å². The Bertz CT molecular complexity index is 95.1. The summed E-state index contributed by atoms with van der Waals surface area (Å²) in [5.41, 5.74) is 4.63. The molecule has 0 aromatic carbocycles. The van der Waals surface area contributed by atoms with Crippen molar-refractivity contribution in [3.8, 4) is 0 Å². The maximum atomic E-state index is 9.24. The molecule has 2 nitrogen and oxygen atoms in total. The lowest BCUT2D eigenvalue weighted by Crippen LogP contribution is -2.41. The van der Waals surface area contributed by atoms with Crippen LogP contribution in [0.15, 0.2) is 0 Å². The molecule has 3 heteroatoms. The van der Waals surface area contributed by atoms with E-state index in [-0.39, 0.29) is 12.4 Å². The van der Waals surface area contributed by atoms with Crippen molar-refractivity contribution in [3.05, 3.63) is 0 Å². The minimum absolute atomic E-state index is 0. The van der Waals surface area contributed by atoms with Crippen molar-refractivity contribution in [2.75, 3.05) is 0 Å². The number of rotatable bonds is 0. The predicted octanol–water partition coefficient (Wildman–Crippen LogP) is 0.875.